The lowest BCUT2D eigenvalue weighted by Gasteiger charge is -2.35. The molecule has 138 valence electrons. The van der Waals surface area contributed by atoms with E-state index in [0.29, 0.717) is 10.9 Å². The number of likely N-dealkylation sites (tertiary alicyclic amines) is 1. The van der Waals surface area contributed by atoms with Gasteiger partial charge in [0.1, 0.15) is 0 Å². The molecule has 0 bridgehead atoms. The van der Waals surface area contributed by atoms with Gasteiger partial charge in [0.05, 0.1) is 5.52 Å². The predicted molar refractivity (Wildman–Crippen MR) is 107 cm³/mol. The molecule has 5 heteroatoms. The van der Waals surface area contributed by atoms with Gasteiger partial charge in [0.15, 0.2) is 0 Å². The number of benzene rings is 1. The molecule has 0 radical (unpaired) electrons. The Labute approximate surface area is 160 Å². The van der Waals surface area contributed by atoms with E-state index in [-0.39, 0.29) is 5.92 Å². The fourth-order valence-corrected chi connectivity index (χ4v) is 4.46. The summed E-state index contributed by atoms with van der Waals surface area (Å²) in [7, 11) is 0. The van der Waals surface area contributed by atoms with Crippen LogP contribution in [0.2, 0.25) is 5.02 Å². The number of piperidine rings is 1. The lowest BCUT2D eigenvalue weighted by Crippen LogP contribution is -2.43. The number of fused-ring (bicyclic) bond motifs is 1. The molecule has 26 heavy (non-hydrogen) atoms. The van der Waals surface area contributed by atoms with E-state index in [1.54, 1.807) is 0 Å². The highest BCUT2D eigenvalue weighted by Crippen LogP contribution is 2.31. The van der Waals surface area contributed by atoms with Crippen molar-refractivity contribution in [3.63, 3.8) is 0 Å². The first-order chi connectivity index (χ1) is 12.7. The number of pyridine rings is 1. The van der Waals surface area contributed by atoms with Crippen LogP contribution in [0, 0.1) is 5.92 Å². The van der Waals surface area contributed by atoms with Crippen molar-refractivity contribution in [3.8, 4) is 0 Å². The summed E-state index contributed by atoms with van der Waals surface area (Å²) >= 11 is 6.10. The molecule has 0 N–H and O–H groups in total. The summed E-state index contributed by atoms with van der Waals surface area (Å²) in [5.41, 5.74) is 2.13. The van der Waals surface area contributed by atoms with Gasteiger partial charge in [-0.15, -0.1) is 0 Å². The van der Waals surface area contributed by atoms with E-state index in [4.69, 9.17) is 11.6 Å². The number of carbonyl (C=O) groups is 1. The van der Waals surface area contributed by atoms with Crippen LogP contribution in [0.5, 0.6) is 0 Å². The molecule has 4 rings (SSSR count). The number of nitrogens with zero attached hydrogens (tertiary/aromatic N) is 3. The third kappa shape index (κ3) is 3.66. The fraction of sp³-hybridized carbons (Fsp3) is 0.524. The van der Waals surface area contributed by atoms with Gasteiger partial charge in [-0.25, -0.2) is 0 Å². The van der Waals surface area contributed by atoms with Gasteiger partial charge in [-0.2, -0.15) is 0 Å². The molecule has 0 atom stereocenters. The molecule has 1 aromatic heterocycles. The Balaban J connectivity index is 1.44. The summed E-state index contributed by atoms with van der Waals surface area (Å²) < 4.78 is 0. The lowest BCUT2D eigenvalue weighted by molar-refractivity contribution is -0.136. The second-order valence-electron chi connectivity index (χ2n) is 7.49. The third-order valence-corrected chi connectivity index (χ3v) is 6.02. The molecular formula is C21H26ClN3O. The van der Waals surface area contributed by atoms with Crippen LogP contribution in [-0.4, -0.2) is 42.0 Å². The minimum absolute atomic E-state index is 0.187. The van der Waals surface area contributed by atoms with Crippen LogP contribution < -0.4 is 4.90 Å². The topological polar surface area (TPSA) is 36.4 Å². The molecule has 2 fully saturated rings. The minimum atomic E-state index is 0.187. The predicted octanol–water partition coefficient (Wildman–Crippen LogP) is 4.51. The number of anilines is 1. The van der Waals surface area contributed by atoms with Crippen LogP contribution in [0.4, 0.5) is 5.69 Å². The van der Waals surface area contributed by atoms with Crippen molar-refractivity contribution in [1.29, 1.82) is 0 Å². The number of hydrogen-bond acceptors (Lipinski definition) is 3. The largest absolute Gasteiger partial charge is 0.371 e. The number of rotatable bonds is 2. The Kier molecular flexibility index (Phi) is 5.30. The van der Waals surface area contributed by atoms with E-state index in [1.165, 1.54) is 18.5 Å². The number of carbonyl (C=O) groups excluding carboxylic acids is 1. The summed E-state index contributed by atoms with van der Waals surface area (Å²) in [5, 5.41) is 1.85. The Morgan fingerprint density at radius 2 is 1.73 bits per heavy atom. The molecule has 0 aliphatic carbocycles. The van der Waals surface area contributed by atoms with Gasteiger partial charge in [-0.1, -0.05) is 24.4 Å². The summed E-state index contributed by atoms with van der Waals surface area (Å²) in [6.45, 7) is 3.75. The molecule has 1 aromatic carbocycles. The van der Waals surface area contributed by atoms with E-state index in [0.717, 1.165) is 62.8 Å². The van der Waals surface area contributed by atoms with Gasteiger partial charge in [0.25, 0.3) is 0 Å². The summed E-state index contributed by atoms with van der Waals surface area (Å²) in [5.74, 6) is 0.574. The van der Waals surface area contributed by atoms with Gasteiger partial charge in [-0.3, -0.25) is 9.78 Å². The first-order valence-electron chi connectivity index (χ1n) is 9.80. The molecular weight excluding hydrogens is 346 g/mol. The normalized spacial score (nSPS) is 19.6. The molecule has 2 aliphatic rings. The molecule has 0 unspecified atom stereocenters. The number of hydrogen-bond donors (Lipinski definition) is 0. The molecule has 3 heterocycles. The maximum Gasteiger partial charge on any atom is 0.225 e. The molecule has 4 nitrogen and oxygen atoms in total. The maximum atomic E-state index is 12.9. The number of amides is 1. The second kappa shape index (κ2) is 7.83. The zero-order chi connectivity index (χ0) is 17.9. The van der Waals surface area contributed by atoms with Gasteiger partial charge in [-0.05, 0) is 49.9 Å². The van der Waals surface area contributed by atoms with Crippen molar-refractivity contribution in [2.45, 2.75) is 38.5 Å². The van der Waals surface area contributed by atoms with E-state index in [1.807, 2.05) is 18.3 Å². The average molecular weight is 372 g/mol. The standard InChI is InChI=1S/C21H26ClN3O/c22-17-5-6-18-19(15-17)23-10-7-20(18)24-13-8-16(9-14-24)21(26)25-11-3-1-2-4-12-25/h5-7,10,15-16H,1-4,8-9,11-14H2. The van der Waals surface area contributed by atoms with E-state index in [9.17, 15) is 4.79 Å². The molecule has 2 saturated heterocycles. The minimum Gasteiger partial charge on any atom is -0.371 e. The van der Waals surface area contributed by atoms with Crippen molar-refractivity contribution >= 4 is 34.1 Å². The van der Waals surface area contributed by atoms with Crippen LogP contribution in [0.25, 0.3) is 10.9 Å². The van der Waals surface area contributed by atoms with Crippen molar-refractivity contribution in [2.75, 3.05) is 31.1 Å². The highest BCUT2D eigenvalue weighted by molar-refractivity contribution is 6.31. The number of halogens is 1. The molecule has 0 saturated carbocycles. The Hall–Kier alpha value is -1.81. The van der Waals surface area contributed by atoms with Crippen LogP contribution in [0.1, 0.15) is 38.5 Å². The summed E-state index contributed by atoms with van der Waals surface area (Å²) in [4.78, 5) is 21.8. The van der Waals surface area contributed by atoms with E-state index >= 15 is 0 Å². The van der Waals surface area contributed by atoms with Crippen LogP contribution in [-0.2, 0) is 4.79 Å². The SMILES string of the molecule is O=C(C1CCN(c2ccnc3cc(Cl)ccc23)CC1)N1CCCCCC1. The highest BCUT2D eigenvalue weighted by atomic mass is 35.5. The average Bonchev–Trinajstić information content (AvgIpc) is 2.96. The highest BCUT2D eigenvalue weighted by Gasteiger charge is 2.29. The number of aromatic nitrogens is 1. The first-order valence-corrected chi connectivity index (χ1v) is 10.2. The van der Waals surface area contributed by atoms with Crippen molar-refractivity contribution in [3.05, 3.63) is 35.5 Å². The van der Waals surface area contributed by atoms with Crippen molar-refractivity contribution in [2.24, 2.45) is 5.92 Å². The van der Waals surface area contributed by atoms with Crippen molar-refractivity contribution < 1.29 is 4.79 Å². The van der Waals surface area contributed by atoms with Gasteiger partial charge >= 0.3 is 0 Å². The third-order valence-electron chi connectivity index (χ3n) is 5.78. The van der Waals surface area contributed by atoms with E-state index in [2.05, 4.69) is 26.9 Å². The van der Waals surface area contributed by atoms with Crippen molar-refractivity contribution in [1.82, 2.24) is 9.88 Å². The first kappa shape index (κ1) is 17.6. The van der Waals surface area contributed by atoms with Gasteiger partial charge < -0.3 is 9.80 Å². The Morgan fingerprint density at radius 1 is 1.00 bits per heavy atom. The summed E-state index contributed by atoms with van der Waals surface area (Å²) in [6, 6.07) is 7.96. The zero-order valence-electron chi connectivity index (χ0n) is 15.2. The molecule has 2 aliphatic heterocycles. The Morgan fingerprint density at radius 3 is 2.46 bits per heavy atom. The Bertz CT molecular complexity index is 778. The lowest BCUT2D eigenvalue weighted by atomic mass is 9.94. The fourth-order valence-electron chi connectivity index (χ4n) is 4.30. The van der Waals surface area contributed by atoms with Crippen LogP contribution >= 0.6 is 11.6 Å². The maximum absolute atomic E-state index is 12.9. The quantitative estimate of drug-likeness (QED) is 0.779. The molecule has 1 amide bonds. The molecule has 0 spiro atoms. The second-order valence-corrected chi connectivity index (χ2v) is 7.93. The van der Waals surface area contributed by atoms with Gasteiger partial charge in [0.2, 0.25) is 5.91 Å². The summed E-state index contributed by atoms with van der Waals surface area (Å²) in [6.07, 6.45) is 8.58. The van der Waals surface area contributed by atoms with Gasteiger partial charge in [0, 0.05) is 54.4 Å². The molecule has 2 aromatic rings. The zero-order valence-corrected chi connectivity index (χ0v) is 15.9. The smallest absolute Gasteiger partial charge is 0.225 e. The van der Waals surface area contributed by atoms with Crippen LogP contribution in [0.3, 0.4) is 0 Å². The van der Waals surface area contributed by atoms with Crippen LogP contribution in [0.15, 0.2) is 30.5 Å². The van der Waals surface area contributed by atoms with E-state index < -0.39 is 0 Å². The monoisotopic (exact) mass is 371 g/mol.